The van der Waals surface area contributed by atoms with Crippen molar-refractivity contribution in [2.75, 3.05) is 47.5 Å². The van der Waals surface area contributed by atoms with Crippen LogP contribution >= 0.6 is 0 Å². The standard InChI is InChI=1S/C86H139NO8/c1-6-8-10-12-14-16-18-20-22-24-26-28-30-32-34-36-38-40-42-44-46-48-50-52-54-56-58-60-62-64-66-68-70-72-74-76-83(88)93-80-82(81-94-86(85(90)91)92-79-78-87(3,4)5)95-84(89)77-75-73-71-69-67-65-63-61-59-57-55-53-51-49-47-45-43-41-39-37-35-33-31-29-27-25-23-21-19-17-15-13-11-9-7-2/h8-11,14-17,20-23,26-29,32-35,38-41,44-47,51,53,82,86H,6-7,12-13,18-19,24-25,30-31,36-37,42-43,48-50,52,54-81H2,1-5H3/p+1/b10-8-,11-9-,16-14-,17-15-,22-20-,23-21-,28-26-,29-27-,34-32-,35-33-,40-38-,41-39-,46-44-,47-45-,53-51-. The summed E-state index contributed by atoms with van der Waals surface area (Å²) in [5, 5.41) is 9.77. The zero-order valence-electron chi connectivity index (χ0n) is 61.3. The number of carbonyl (C=O) groups is 3. The van der Waals surface area contributed by atoms with Gasteiger partial charge in [0.1, 0.15) is 13.2 Å². The van der Waals surface area contributed by atoms with Crippen LogP contribution in [0.3, 0.4) is 0 Å². The Morgan fingerprint density at radius 3 is 0.842 bits per heavy atom. The fourth-order valence-electron chi connectivity index (χ4n) is 9.95. The SMILES string of the molecule is CC/C=C\C/C=C\C/C=C\C/C=C\C/C=C\C/C=C\C/C=C\C/C=C\CCCCCCCCCCCCC(=O)OC(COC(=O)CCCCCCCCCCCCCCC/C=C\C/C=C\C/C=C\C/C=C\C/C=C\C/C=C\C/C=C\CC)COC(OCC[N+](C)(C)C)C(=O)O. The number of rotatable bonds is 68. The fraction of sp³-hybridized carbons (Fsp3) is 0.616. The van der Waals surface area contributed by atoms with Gasteiger partial charge < -0.3 is 28.5 Å². The maximum atomic E-state index is 13.0. The Kier molecular flexibility index (Phi) is 69.8. The van der Waals surface area contributed by atoms with Crippen LogP contribution in [0, 0.1) is 0 Å². The largest absolute Gasteiger partial charge is 0.477 e. The van der Waals surface area contributed by atoms with Crippen LogP contribution in [0.5, 0.6) is 0 Å². The maximum Gasteiger partial charge on any atom is 0.361 e. The second-order valence-corrected chi connectivity index (χ2v) is 25.8. The molecule has 0 saturated carbocycles. The van der Waals surface area contributed by atoms with Crippen molar-refractivity contribution in [3.63, 3.8) is 0 Å². The van der Waals surface area contributed by atoms with Crippen molar-refractivity contribution >= 4 is 17.9 Å². The lowest BCUT2D eigenvalue weighted by Gasteiger charge is -2.25. The second-order valence-electron chi connectivity index (χ2n) is 25.8. The van der Waals surface area contributed by atoms with Gasteiger partial charge in [0.15, 0.2) is 6.10 Å². The molecule has 0 amide bonds. The van der Waals surface area contributed by atoms with E-state index in [0.717, 1.165) is 141 Å². The van der Waals surface area contributed by atoms with E-state index >= 15 is 0 Å². The monoisotopic (exact) mass is 1320 g/mol. The summed E-state index contributed by atoms with van der Waals surface area (Å²) in [6.45, 7) is 4.64. The summed E-state index contributed by atoms with van der Waals surface area (Å²) in [5.74, 6) is -2.02. The molecule has 9 heteroatoms. The summed E-state index contributed by atoms with van der Waals surface area (Å²) in [7, 11) is 5.97. The molecule has 536 valence electrons. The Morgan fingerprint density at radius 1 is 0.316 bits per heavy atom. The third-order valence-electron chi connectivity index (χ3n) is 15.7. The number of likely N-dealkylation sites (N-methyl/N-ethyl adjacent to an activating group) is 1. The van der Waals surface area contributed by atoms with Crippen molar-refractivity contribution in [1.29, 1.82) is 0 Å². The van der Waals surface area contributed by atoms with Gasteiger partial charge in [-0.25, -0.2) is 4.79 Å². The number of aliphatic carboxylic acids is 1. The first kappa shape index (κ1) is 89.4. The highest BCUT2D eigenvalue weighted by Gasteiger charge is 2.25. The Balaban J connectivity index is 4.15. The van der Waals surface area contributed by atoms with Crippen molar-refractivity contribution in [2.45, 2.75) is 296 Å². The minimum atomic E-state index is -1.52. The minimum Gasteiger partial charge on any atom is -0.477 e. The number of allylic oxidation sites excluding steroid dienone is 30. The number of ether oxygens (including phenoxy) is 4. The number of esters is 2. The molecule has 0 spiro atoms. The zero-order chi connectivity index (χ0) is 69.0. The molecule has 0 aromatic rings. The number of hydrogen-bond acceptors (Lipinski definition) is 7. The van der Waals surface area contributed by atoms with Crippen LogP contribution in [0.15, 0.2) is 182 Å². The molecular formula is C86H140NO8+. The molecule has 0 aromatic carbocycles. The topological polar surface area (TPSA) is 108 Å². The first-order chi connectivity index (χ1) is 46.6. The second kappa shape index (κ2) is 74.2. The van der Waals surface area contributed by atoms with E-state index in [1.54, 1.807) is 0 Å². The van der Waals surface area contributed by atoms with Crippen molar-refractivity contribution in [2.24, 2.45) is 0 Å². The predicted octanol–water partition coefficient (Wildman–Crippen LogP) is 24.4. The molecule has 2 atom stereocenters. The number of carbonyl (C=O) groups excluding carboxylic acids is 2. The van der Waals surface area contributed by atoms with Crippen LogP contribution in [0.4, 0.5) is 0 Å². The lowest BCUT2D eigenvalue weighted by atomic mass is 10.0. The molecule has 0 aliphatic carbocycles. The molecule has 0 aromatic heterocycles. The number of hydrogen-bond donors (Lipinski definition) is 1. The first-order valence-corrected chi connectivity index (χ1v) is 37.9. The molecule has 0 heterocycles. The van der Waals surface area contributed by atoms with Gasteiger partial charge in [0.2, 0.25) is 0 Å². The van der Waals surface area contributed by atoms with Gasteiger partial charge >= 0.3 is 17.9 Å². The normalized spacial score (nSPS) is 13.7. The highest BCUT2D eigenvalue weighted by atomic mass is 16.7. The van der Waals surface area contributed by atoms with Crippen LogP contribution in [0.1, 0.15) is 284 Å². The molecule has 0 bridgehead atoms. The smallest absolute Gasteiger partial charge is 0.361 e. The summed E-state index contributed by atoms with van der Waals surface area (Å²) in [6, 6.07) is 0. The van der Waals surface area contributed by atoms with E-state index in [4.69, 9.17) is 18.9 Å². The summed E-state index contributed by atoms with van der Waals surface area (Å²) in [4.78, 5) is 37.7. The fourth-order valence-corrected chi connectivity index (χ4v) is 9.95. The third-order valence-corrected chi connectivity index (χ3v) is 15.7. The summed E-state index contributed by atoms with van der Waals surface area (Å²) >= 11 is 0. The highest BCUT2D eigenvalue weighted by molar-refractivity contribution is 5.71. The van der Waals surface area contributed by atoms with Crippen LogP contribution in [-0.2, 0) is 33.3 Å². The van der Waals surface area contributed by atoms with Crippen LogP contribution < -0.4 is 0 Å². The minimum absolute atomic E-state index is 0.178. The van der Waals surface area contributed by atoms with Gasteiger partial charge in [-0.05, 0) is 135 Å². The maximum absolute atomic E-state index is 13.0. The zero-order valence-corrected chi connectivity index (χ0v) is 61.3. The first-order valence-electron chi connectivity index (χ1n) is 37.9. The average molecular weight is 1320 g/mol. The van der Waals surface area contributed by atoms with Crippen molar-refractivity contribution < 1.29 is 42.9 Å². The van der Waals surface area contributed by atoms with E-state index < -0.39 is 24.3 Å². The molecule has 0 rings (SSSR count). The van der Waals surface area contributed by atoms with Gasteiger partial charge in [0, 0.05) is 12.8 Å². The summed E-state index contributed by atoms with van der Waals surface area (Å²) < 4.78 is 23.0. The Labute approximate surface area is 583 Å². The molecule has 0 fully saturated rings. The third kappa shape index (κ3) is 75.6. The van der Waals surface area contributed by atoms with E-state index in [2.05, 4.69) is 196 Å². The summed E-state index contributed by atoms with van der Waals surface area (Å²) in [5.41, 5.74) is 0. The molecule has 0 radical (unpaired) electrons. The van der Waals surface area contributed by atoms with E-state index in [9.17, 15) is 19.5 Å². The van der Waals surface area contributed by atoms with E-state index in [1.165, 1.54) is 109 Å². The average Bonchev–Trinajstić information content (AvgIpc) is 3.58. The Hall–Kier alpha value is -5.61. The van der Waals surface area contributed by atoms with Gasteiger partial charge in [-0.2, -0.15) is 0 Å². The molecular weight excluding hydrogens is 1170 g/mol. The lowest BCUT2D eigenvalue weighted by molar-refractivity contribution is -0.870. The van der Waals surface area contributed by atoms with E-state index in [0.29, 0.717) is 17.4 Å². The van der Waals surface area contributed by atoms with E-state index in [1.807, 2.05) is 21.1 Å². The molecule has 0 aliphatic heterocycles. The Bertz CT molecular complexity index is 2220. The summed E-state index contributed by atoms with van der Waals surface area (Å²) in [6.07, 6.45) is 110. The van der Waals surface area contributed by atoms with Crippen LogP contribution in [0.25, 0.3) is 0 Å². The quantitative estimate of drug-likeness (QED) is 0.0211. The molecule has 1 N–H and O–H groups in total. The van der Waals surface area contributed by atoms with Gasteiger partial charge in [-0.3, -0.25) is 9.59 Å². The van der Waals surface area contributed by atoms with Crippen molar-refractivity contribution in [3.8, 4) is 0 Å². The number of carboxylic acid groups (broad SMARTS) is 1. The lowest BCUT2D eigenvalue weighted by Crippen LogP contribution is -2.40. The van der Waals surface area contributed by atoms with Gasteiger partial charge in [0.25, 0.3) is 6.29 Å². The molecule has 95 heavy (non-hydrogen) atoms. The van der Waals surface area contributed by atoms with Crippen molar-refractivity contribution in [1.82, 2.24) is 0 Å². The predicted molar refractivity (Wildman–Crippen MR) is 409 cm³/mol. The number of quaternary nitrogens is 1. The van der Waals surface area contributed by atoms with Crippen LogP contribution in [0.2, 0.25) is 0 Å². The highest BCUT2D eigenvalue weighted by Crippen LogP contribution is 2.17. The number of unbranched alkanes of at least 4 members (excludes halogenated alkanes) is 23. The van der Waals surface area contributed by atoms with E-state index in [-0.39, 0.29) is 38.6 Å². The van der Waals surface area contributed by atoms with Gasteiger partial charge in [-0.1, -0.05) is 318 Å². The molecule has 0 aliphatic rings. The Morgan fingerprint density at radius 2 is 0.568 bits per heavy atom. The molecule has 2 unspecified atom stereocenters. The molecule has 9 nitrogen and oxygen atoms in total. The van der Waals surface area contributed by atoms with Crippen LogP contribution in [-0.4, -0.2) is 87.4 Å². The number of nitrogens with zero attached hydrogens (tertiary/aromatic N) is 1. The van der Waals surface area contributed by atoms with Crippen molar-refractivity contribution in [3.05, 3.63) is 182 Å². The van der Waals surface area contributed by atoms with Gasteiger partial charge in [-0.15, -0.1) is 0 Å². The molecule has 0 saturated heterocycles. The van der Waals surface area contributed by atoms with Gasteiger partial charge in [0.05, 0.1) is 34.4 Å². The number of carboxylic acids is 1.